The molecule has 132 valence electrons. The molecule has 4 atom stereocenters. The van der Waals surface area contributed by atoms with E-state index >= 15 is 0 Å². The van der Waals surface area contributed by atoms with Crippen molar-refractivity contribution in [3.63, 3.8) is 0 Å². The fourth-order valence-corrected chi connectivity index (χ4v) is 4.87. The number of hydrogen-bond donors (Lipinski definition) is 0. The van der Waals surface area contributed by atoms with E-state index in [-0.39, 0.29) is 23.7 Å². The van der Waals surface area contributed by atoms with E-state index in [0.29, 0.717) is 29.7 Å². The number of carbonyl (C=O) groups excluding carboxylic acids is 3. The van der Waals surface area contributed by atoms with Crippen LogP contribution in [-0.4, -0.2) is 24.4 Å². The monoisotopic (exact) mass is 341 g/mol. The van der Waals surface area contributed by atoms with Gasteiger partial charge in [0.1, 0.15) is 0 Å². The number of ether oxygens (including phenoxy) is 1. The molecule has 1 aromatic rings. The van der Waals surface area contributed by atoms with E-state index in [9.17, 15) is 14.4 Å². The topological polar surface area (TPSA) is 63.7 Å². The summed E-state index contributed by atoms with van der Waals surface area (Å²) in [5.74, 6) is -0.428. The van der Waals surface area contributed by atoms with Crippen LogP contribution in [0.4, 0.5) is 5.69 Å². The van der Waals surface area contributed by atoms with Gasteiger partial charge in [0, 0.05) is 0 Å². The van der Waals surface area contributed by atoms with Crippen molar-refractivity contribution in [1.29, 1.82) is 0 Å². The molecule has 5 heteroatoms. The van der Waals surface area contributed by atoms with E-state index < -0.39 is 5.97 Å². The highest BCUT2D eigenvalue weighted by atomic mass is 16.5. The number of anilines is 1. The predicted octanol–water partition coefficient (Wildman–Crippen LogP) is 3.18. The molecule has 2 aliphatic carbocycles. The number of amides is 2. The summed E-state index contributed by atoms with van der Waals surface area (Å²) in [7, 11) is 0. The molecule has 0 radical (unpaired) electrons. The smallest absolute Gasteiger partial charge is 0.340 e. The molecule has 1 saturated heterocycles. The van der Waals surface area contributed by atoms with Gasteiger partial charge in [0.25, 0.3) is 0 Å². The Morgan fingerprint density at radius 3 is 2.40 bits per heavy atom. The summed E-state index contributed by atoms with van der Waals surface area (Å²) in [4.78, 5) is 39.6. The van der Waals surface area contributed by atoms with Gasteiger partial charge >= 0.3 is 5.97 Å². The normalized spacial score (nSPS) is 30.0. The first-order valence-electron chi connectivity index (χ1n) is 9.27. The van der Waals surface area contributed by atoms with Crippen LogP contribution < -0.4 is 4.90 Å². The number of unbranched alkanes of at least 4 members (excludes halogenated alkanes) is 1. The Morgan fingerprint density at radius 2 is 1.76 bits per heavy atom. The first kappa shape index (κ1) is 16.3. The SMILES string of the molecule is CCCCOC(=O)c1ccccc1N1C(=O)[C@@H]2[C@H]3CC[C@@H](C3)[C@H]2C1=O. The zero-order valence-corrected chi connectivity index (χ0v) is 14.4. The quantitative estimate of drug-likeness (QED) is 0.469. The standard InChI is InChI=1S/C20H23NO4/c1-2-3-10-25-20(24)14-6-4-5-7-15(14)21-18(22)16-12-8-9-13(11-12)17(16)19(21)23/h4-7,12-13,16-17H,2-3,8-11H2,1H3/t12-,13-,16+,17+/m0/s1. The lowest BCUT2D eigenvalue weighted by molar-refractivity contribution is -0.123. The van der Waals surface area contributed by atoms with Crippen molar-refractivity contribution in [3.8, 4) is 0 Å². The molecule has 3 fully saturated rings. The Balaban J connectivity index is 1.63. The number of fused-ring (bicyclic) bond motifs is 5. The summed E-state index contributed by atoms with van der Waals surface area (Å²) in [6.07, 6.45) is 4.81. The summed E-state index contributed by atoms with van der Waals surface area (Å²) in [5.41, 5.74) is 0.681. The van der Waals surface area contributed by atoms with Gasteiger partial charge in [-0.05, 0) is 49.7 Å². The van der Waals surface area contributed by atoms with E-state index in [1.165, 1.54) is 4.90 Å². The lowest BCUT2D eigenvalue weighted by atomic mass is 9.81. The van der Waals surface area contributed by atoms with Gasteiger partial charge in [-0.2, -0.15) is 0 Å². The summed E-state index contributed by atoms with van der Waals surface area (Å²) in [6, 6.07) is 6.79. The predicted molar refractivity (Wildman–Crippen MR) is 91.9 cm³/mol. The molecular weight excluding hydrogens is 318 g/mol. The number of benzene rings is 1. The molecule has 0 N–H and O–H groups in total. The van der Waals surface area contributed by atoms with Gasteiger partial charge in [0.15, 0.2) is 0 Å². The fraction of sp³-hybridized carbons (Fsp3) is 0.550. The van der Waals surface area contributed by atoms with Crippen LogP contribution in [0.2, 0.25) is 0 Å². The molecule has 25 heavy (non-hydrogen) atoms. The van der Waals surface area contributed by atoms with E-state index in [4.69, 9.17) is 4.74 Å². The highest BCUT2D eigenvalue weighted by molar-refractivity contribution is 6.24. The van der Waals surface area contributed by atoms with Crippen molar-refractivity contribution in [2.45, 2.75) is 39.0 Å². The Bertz CT molecular complexity index is 700. The maximum absolute atomic E-state index is 13.0. The van der Waals surface area contributed by atoms with Crippen molar-refractivity contribution in [2.24, 2.45) is 23.7 Å². The molecule has 2 saturated carbocycles. The third-order valence-corrected chi connectivity index (χ3v) is 6.02. The van der Waals surface area contributed by atoms with Crippen molar-refractivity contribution >= 4 is 23.5 Å². The molecule has 0 unspecified atom stereocenters. The Morgan fingerprint density at radius 1 is 1.12 bits per heavy atom. The molecule has 1 heterocycles. The number of nitrogens with zero attached hydrogens (tertiary/aromatic N) is 1. The average Bonchev–Trinajstić information content (AvgIpc) is 3.29. The first-order valence-corrected chi connectivity index (χ1v) is 9.27. The summed E-state index contributed by atoms with van der Waals surface area (Å²) in [5, 5.41) is 0. The lowest BCUT2D eigenvalue weighted by Gasteiger charge is -2.19. The molecule has 0 spiro atoms. The van der Waals surface area contributed by atoms with E-state index in [2.05, 4.69) is 0 Å². The van der Waals surface area contributed by atoms with Gasteiger partial charge in [-0.25, -0.2) is 9.69 Å². The fourth-order valence-electron chi connectivity index (χ4n) is 4.87. The maximum atomic E-state index is 13.0. The second-order valence-corrected chi connectivity index (χ2v) is 7.40. The highest BCUT2D eigenvalue weighted by Crippen LogP contribution is 2.56. The summed E-state index contributed by atoms with van der Waals surface area (Å²) < 4.78 is 5.30. The summed E-state index contributed by atoms with van der Waals surface area (Å²) >= 11 is 0. The van der Waals surface area contributed by atoms with E-state index in [0.717, 1.165) is 32.1 Å². The van der Waals surface area contributed by atoms with Gasteiger partial charge in [-0.3, -0.25) is 9.59 Å². The van der Waals surface area contributed by atoms with Crippen LogP contribution in [0.15, 0.2) is 24.3 Å². The largest absolute Gasteiger partial charge is 0.462 e. The first-order chi connectivity index (χ1) is 12.1. The zero-order chi connectivity index (χ0) is 17.6. The van der Waals surface area contributed by atoms with Crippen LogP contribution in [0.25, 0.3) is 0 Å². The molecule has 2 amide bonds. The molecule has 2 bridgehead atoms. The number of esters is 1. The third kappa shape index (κ3) is 2.48. The minimum absolute atomic E-state index is 0.129. The molecule has 5 nitrogen and oxygen atoms in total. The Labute approximate surface area is 147 Å². The minimum Gasteiger partial charge on any atom is -0.462 e. The summed E-state index contributed by atoms with van der Waals surface area (Å²) in [6.45, 7) is 2.37. The second kappa shape index (κ2) is 6.28. The van der Waals surface area contributed by atoms with Crippen molar-refractivity contribution < 1.29 is 19.1 Å². The van der Waals surface area contributed by atoms with Crippen LogP contribution >= 0.6 is 0 Å². The lowest BCUT2D eigenvalue weighted by Crippen LogP contribution is -2.34. The van der Waals surface area contributed by atoms with Crippen LogP contribution in [-0.2, 0) is 14.3 Å². The van der Waals surface area contributed by atoms with Crippen LogP contribution in [0.3, 0.4) is 0 Å². The number of hydrogen-bond acceptors (Lipinski definition) is 4. The van der Waals surface area contributed by atoms with Crippen LogP contribution in [0.1, 0.15) is 49.4 Å². The van der Waals surface area contributed by atoms with Gasteiger partial charge in [0.05, 0.1) is 29.7 Å². The van der Waals surface area contributed by atoms with Gasteiger partial charge in [-0.1, -0.05) is 25.5 Å². The van der Waals surface area contributed by atoms with Crippen LogP contribution in [0, 0.1) is 23.7 Å². The highest BCUT2D eigenvalue weighted by Gasteiger charge is 2.61. The van der Waals surface area contributed by atoms with E-state index in [1.807, 2.05) is 6.92 Å². The van der Waals surface area contributed by atoms with Gasteiger partial charge in [-0.15, -0.1) is 0 Å². The van der Waals surface area contributed by atoms with Crippen molar-refractivity contribution in [2.75, 3.05) is 11.5 Å². The number of rotatable bonds is 5. The molecule has 3 aliphatic rings. The average molecular weight is 341 g/mol. The third-order valence-electron chi connectivity index (χ3n) is 6.02. The van der Waals surface area contributed by atoms with Crippen LogP contribution in [0.5, 0.6) is 0 Å². The second-order valence-electron chi connectivity index (χ2n) is 7.40. The molecule has 1 aliphatic heterocycles. The van der Waals surface area contributed by atoms with E-state index in [1.54, 1.807) is 24.3 Å². The number of para-hydroxylation sites is 1. The molecule has 0 aromatic heterocycles. The maximum Gasteiger partial charge on any atom is 0.340 e. The van der Waals surface area contributed by atoms with Gasteiger partial charge in [0.2, 0.25) is 11.8 Å². The molecule has 4 rings (SSSR count). The van der Waals surface area contributed by atoms with Crippen molar-refractivity contribution in [1.82, 2.24) is 0 Å². The Hall–Kier alpha value is -2.17. The minimum atomic E-state index is -0.468. The van der Waals surface area contributed by atoms with Crippen molar-refractivity contribution in [3.05, 3.63) is 29.8 Å². The van der Waals surface area contributed by atoms with Gasteiger partial charge < -0.3 is 4.74 Å². The molecule has 1 aromatic carbocycles. The number of carbonyl (C=O) groups is 3. The Kier molecular flexibility index (Phi) is 4.10. The molecular formula is C20H23NO4. The number of imide groups is 1. The zero-order valence-electron chi connectivity index (χ0n) is 14.4.